The van der Waals surface area contributed by atoms with Crippen molar-refractivity contribution in [2.24, 2.45) is 62.0 Å². The Balaban J connectivity index is 1.70. The number of carboxylic acid groups (broad SMARTS) is 2. The fourth-order valence-electron chi connectivity index (χ4n) is 12.0. The molecule has 107 heavy (non-hydrogen) atoms. The Morgan fingerprint density at radius 3 is 1.36 bits per heavy atom. The van der Waals surface area contributed by atoms with E-state index in [9.17, 15) is 73.2 Å². The molecule has 0 saturated carbocycles. The van der Waals surface area contributed by atoms with Crippen LogP contribution in [0.3, 0.4) is 0 Å². The number of nitrogens with one attached hydrogen (secondary N) is 8. The van der Waals surface area contributed by atoms with Crippen molar-refractivity contribution < 1.29 is 82.8 Å². The number of carbonyl (C=O) groups excluding carboxylic acids is 11. The summed E-state index contributed by atoms with van der Waals surface area (Å²) in [5, 5.41) is 60.7. The van der Waals surface area contributed by atoms with Gasteiger partial charge in [-0.05, 0) is 111 Å². The Hall–Kier alpha value is -10.5. The zero-order valence-corrected chi connectivity index (χ0v) is 61.4. The number of phenolic OH excluding ortho intramolecular Hbond substituents is 2. The van der Waals surface area contributed by atoms with Crippen LogP contribution < -0.4 is 82.7 Å². The fourth-order valence-corrected chi connectivity index (χ4v) is 12.0. The maximum atomic E-state index is 15.1. The number of nitrogens with zero attached hydrogens (tertiary/aromatic N) is 6. The Morgan fingerprint density at radius 2 is 0.916 bits per heavy atom. The molecular formula is C69H111N21O17. The molecule has 2 fully saturated rings. The molecule has 0 bridgehead atoms. The third kappa shape index (κ3) is 33.3. The standard InChI is InChI=1S/C69H111N21O17/c1-5-41(4)58(71)66(106)86-52(36-54(70)93)67(107)90-26-10-14-53(90)65(105)82-46(11-6-7-23-77-55(94)37-87-27-29-88(38-56(95)96)31-32-89(30-28-87)39-57(97)98)61(101)85-51(35-43-17-21-45(92)22-18-43)64(104)81-48(13-9-25-79-69(75)76)62(102)84-50(33-40(2)3)63(103)80-47(12-8-24-78-68(73)74)60(100)83-49(59(72)99)34-42-15-19-44(91)20-16-42/h15-22,40-41,46-53,58,91-92H,5-14,23-39,71H2,1-4H3,(H2,70,93)(H2,72,99)(H,77,94)(H,80,103)(H,81,104)(H,82,105)(H,83,100)(H,84,102)(H,85,101)(H,86,106)(H,95,96)(H,97,98)(H4,73,74,78)(H4,75,76,79)/t41-,46-,47-,48-,49-,50-,51-,52-,53-,58-/m0/s1. The van der Waals surface area contributed by atoms with Gasteiger partial charge in [-0.25, -0.2) is 0 Å². The van der Waals surface area contributed by atoms with Crippen molar-refractivity contribution in [2.75, 3.05) is 85.1 Å². The summed E-state index contributed by atoms with van der Waals surface area (Å²) < 4.78 is 0. The molecule has 2 aliphatic rings. The van der Waals surface area contributed by atoms with Crippen molar-refractivity contribution in [2.45, 2.75) is 172 Å². The summed E-state index contributed by atoms with van der Waals surface area (Å²) in [6.07, 6.45) is -0.208. The smallest absolute Gasteiger partial charge is 0.317 e. The Labute approximate surface area is 621 Å². The fraction of sp³-hybridized carbons (Fsp3) is 0.609. The first-order valence-electron chi connectivity index (χ1n) is 35.9. The first-order chi connectivity index (χ1) is 50.6. The van der Waals surface area contributed by atoms with Gasteiger partial charge in [0.05, 0.1) is 32.1 Å². The summed E-state index contributed by atoms with van der Waals surface area (Å²) in [7, 11) is 0. The van der Waals surface area contributed by atoms with Crippen LogP contribution in [0, 0.1) is 11.8 Å². The molecule has 0 unspecified atom stereocenters. The molecule has 10 atom stereocenters. The number of amides is 11. The van der Waals surface area contributed by atoms with Crippen LogP contribution in [-0.2, 0) is 75.2 Å². The number of guanidine groups is 2. The van der Waals surface area contributed by atoms with Gasteiger partial charge in [-0.15, -0.1) is 0 Å². The highest BCUT2D eigenvalue weighted by Gasteiger charge is 2.41. The van der Waals surface area contributed by atoms with Crippen LogP contribution in [-0.4, -0.2) is 268 Å². The highest BCUT2D eigenvalue weighted by molar-refractivity contribution is 5.99. The Bertz CT molecular complexity index is 3350. The van der Waals surface area contributed by atoms with Crippen LogP contribution >= 0.6 is 0 Å². The molecule has 11 amide bonds. The number of hydrogen-bond donors (Lipinski definition) is 19. The lowest BCUT2D eigenvalue weighted by molar-refractivity contribution is -0.143. The largest absolute Gasteiger partial charge is 0.508 e. The van der Waals surface area contributed by atoms with Crippen molar-refractivity contribution >= 4 is 88.8 Å². The van der Waals surface area contributed by atoms with Crippen LogP contribution in [0.1, 0.15) is 116 Å². The van der Waals surface area contributed by atoms with Crippen LogP contribution in [0.25, 0.3) is 0 Å². The molecular weight excluding hydrogens is 1390 g/mol. The quantitative estimate of drug-likeness (QED) is 0.0167. The molecule has 2 heterocycles. The molecule has 0 aromatic heterocycles. The van der Waals surface area contributed by atoms with Gasteiger partial charge in [0.15, 0.2) is 11.9 Å². The van der Waals surface area contributed by atoms with E-state index >= 15 is 9.59 Å². The maximum absolute atomic E-state index is 15.1. The summed E-state index contributed by atoms with van der Waals surface area (Å²) in [5.74, 6) is -12.7. The summed E-state index contributed by atoms with van der Waals surface area (Å²) in [4.78, 5) is 192. The molecule has 4 rings (SSSR count). The van der Waals surface area contributed by atoms with Crippen molar-refractivity contribution in [3.8, 4) is 11.5 Å². The van der Waals surface area contributed by atoms with Gasteiger partial charge in [0, 0.05) is 78.3 Å². The molecule has 2 aromatic rings. The van der Waals surface area contributed by atoms with E-state index in [2.05, 4.69) is 52.5 Å². The summed E-state index contributed by atoms with van der Waals surface area (Å²) >= 11 is 0. The molecule has 2 saturated heterocycles. The van der Waals surface area contributed by atoms with Gasteiger partial charge in [0.25, 0.3) is 0 Å². The number of carbonyl (C=O) groups is 13. The lowest BCUT2D eigenvalue weighted by Crippen LogP contribution is -2.60. The number of rotatable bonds is 45. The highest BCUT2D eigenvalue weighted by Crippen LogP contribution is 2.22. The number of hydrogen-bond acceptors (Lipinski definition) is 21. The van der Waals surface area contributed by atoms with E-state index in [0.717, 1.165) is 4.90 Å². The minimum atomic E-state index is -1.60. The lowest BCUT2D eigenvalue weighted by atomic mass is 9.98. The number of phenols is 2. The second kappa shape index (κ2) is 45.8. The SMILES string of the molecule is CC[C@H](C)[C@H](N)C(=O)N[C@@H](CC(N)=O)C(=O)N1CCC[C@H]1C(=O)N[C@@H](CCCCNC(=O)CN1CCN(CC(=O)O)CCN(CC(=O)O)CC1)C(=O)N[C@@H](Cc1ccc(O)cc1)C(=O)N[C@@H](CCCN=C(N)N)C(=O)N[C@@H](CC(C)C)C(=O)N[C@@H](CCCN=C(N)N)C(=O)N[C@@H](Cc1ccc(O)cc1)C(N)=O. The number of aromatic hydroxyl groups is 2. The van der Waals surface area contributed by atoms with Gasteiger partial charge in [-0.3, -0.25) is 87.0 Å². The number of nitrogens with two attached hydrogens (primary N) is 7. The number of benzene rings is 2. The van der Waals surface area contributed by atoms with E-state index in [0.29, 0.717) is 17.5 Å². The predicted octanol–water partition coefficient (Wildman–Crippen LogP) is -5.47. The normalized spacial score (nSPS) is 16.8. The first-order valence-corrected chi connectivity index (χ1v) is 35.9. The van der Waals surface area contributed by atoms with Gasteiger partial charge in [0.1, 0.15) is 59.8 Å². The molecule has 38 heteroatoms. The average Bonchev–Trinajstić information content (AvgIpc) is 1.71. The maximum Gasteiger partial charge on any atom is 0.317 e. The van der Waals surface area contributed by atoms with Gasteiger partial charge in [-0.1, -0.05) is 58.4 Å². The molecule has 0 spiro atoms. The summed E-state index contributed by atoms with van der Waals surface area (Å²) in [6.45, 7) is 8.02. The predicted molar refractivity (Wildman–Crippen MR) is 393 cm³/mol. The average molecular weight is 1510 g/mol. The highest BCUT2D eigenvalue weighted by atomic mass is 16.4. The molecule has 2 aromatic carbocycles. The summed E-state index contributed by atoms with van der Waals surface area (Å²) in [5.41, 5.74) is 40.8. The van der Waals surface area contributed by atoms with Crippen molar-refractivity contribution in [1.29, 1.82) is 0 Å². The minimum absolute atomic E-state index is 0.0186. The Kier molecular flexibility index (Phi) is 38.1. The monoisotopic (exact) mass is 1510 g/mol. The molecule has 594 valence electrons. The van der Waals surface area contributed by atoms with E-state index < -0.39 is 138 Å². The molecule has 0 aliphatic carbocycles. The molecule has 26 N–H and O–H groups in total. The van der Waals surface area contributed by atoms with E-state index in [1.54, 1.807) is 35.5 Å². The summed E-state index contributed by atoms with van der Waals surface area (Å²) in [6, 6.07) is -1.17. The number of aliphatic carboxylic acids is 2. The van der Waals surface area contributed by atoms with Crippen LogP contribution in [0.5, 0.6) is 11.5 Å². The van der Waals surface area contributed by atoms with Crippen molar-refractivity contribution in [3.63, 3.8) is 0 Å². The zero-order chi connectivity index (χ0) is 79.4. The Morgan fingerprint density at radius 1 is 0.505 bits per heavy atom. The van der Waals surface area contributed by atoms with Crippen molar-refractivity contribution in [3.05, 3.63) is 59.7 Å². The molecule has 2 aliphatic heterocycles. The second-order valence-corrected chi connectivity index (χ2v) is 27.3. The van der Waals surface area contributed by atoms with Gasteiger partial charge >= 0.3 is 11.9 Å². The van der Waals surface area contributed by atoms with Gasteiger partial charge < -0.3 is 108 Å². The third-order valence-electron chi connectivity index (χ3n) is 18.1. The number of carboxylic acids is 2. The van der Waals surface area contributed by atoms with E-state index in [1.165, 1.54) is 48.5 Å². The lowest BCUT2D eigenvalue weighted by Gasteiger charge is -2.31. The zero-order valence-electron chi connectivity index (χ0n) is 61.4. The topological polar surface area (TPSA) is 619 Å². The van der Waals surface area contributed by atoms with Gasteiger partial charge in [-0.2, -0.15) is 0 Å². The van der Waals surface area contributed by atoms with E-state index in [4.69, 9.17) is 40.1 Å². The van der Waals surface area contributed by atoms with E-state index in [-0.39, 0.29) is 197 Å². The third-order valence-corrected chi connectivity index (χ3v) is 18.1. The van der Waals surface area contributed by atoms with Crippen LogP contribution in [0.4, 0.5) is 0 Å². The molecule has 38 nitrogen and oxygen atoms in total. The second-order valence-electron chi connectivity index (χ2n) is 27.3. The van der Waals surface area contributed by atoms with E-state index in [1.807, 2.05) is 6.92 Å². The number of unbranched alkanes of at least 4 members (excludes halogenated alkanes) is 1. The number of likely N-dealkylation sites (tertiary alicyclic amines) is 1. The van der Waals surface area contributed by atoms with Gasteiger partial charge in [0.2, 0.25) is 65.0 Å². The number of aliphatic imine (C=N–C) groups is 2. The van der Waals surface area contributed by atoms with Crippen molar-refractivity contribution in [1.82, 2.24) is 62.1 Å². The van der Waals surface area contributed by atoms with Crippen LogP contribution in [0.2, 0.25) is 0 Å². The minimum Gasteiger partial charge on any atom is -0.508 e. The molecule has 0 radical (unpaired) electrons. The number of primary amides is 2. The van der Waals surface area contributed by atoms with Crippen LogP contribution in [0.15, 0.2) is 58.5 Å². The first kappa shape index (κ1) is 88.9.